The lowest BCUT2D eigenvalue weighted by Crippen LogP contribution is -2.45. The molecule has 9 aromatic rings. The molecule has 0 amide bonds. The van der Waals surface area contributed by atoms with E-state index >= 15 is 0 Å². The number of nitrogens with one attached hydrogen (secondary N) is 2. The molecule has 1 aliphatic heterocycles. The van der Waals surface area contributed by atoms with Gasteiger partial charge in [-0.3, -0.25) is 5.32 Å². The fourth-order valence-electron chi connectivity index (χ4n) is 8.18. The van der Waals surface area contributed by atoms with Gasteiger partial charge in [0.05, 0.1) is 0 Å². The largest absolute Gasteiger partial charge is 0.350 e. The van der Waals surface area contributed by atoms with Gasteiger partial charge in [0, 0.05) is 5.56 Å². The Morgan fingerprint density at radius 2 is 0.600 bits per heavy atom. The summed E-state index contributed by atoms with van der Waals surface area (Å²) in [4.78, 5) is 5.36. The zero-order valence-electron chi connectivity index (χ0n) is 33.1. The van der Waals surface area contributed by atoms with Crippen LogP contribution in [-0.2, 0) is 0 Å². The highest BCUT2D eigenvalue weighted by atomic mass is 15.3. The van der Waals surface area contributed by atoms with E-state index in [-0.39, 0.29) is 12.3 Å². The Morgan fingerprint density at radius 1 is 0.267 bits per heavy atom. The van der Waals surface area contributed by atoms with E-state index in [1.807, 2.05) is 0 Å². The Kier molecular flexibility index (Phi) is 10.2. The number of hydrogen-bond donors (Lipinski definition) is 2. The molecule has 3 nitrogen and oxygen atoms in total. The molecular weight excluding hydrogens is 727 g/mol. The van der Waals surface area contributed by atoms with Crippen molar-refractivity contribution in [3.63, 3.8) is 0 Å². The molecule has 60 heavy (non-hydrogen) atoms. The van der Waals surface area contributed by atoms with Crippen LogP contribution in [0.1, 0.15) is 29.0 Å². The molecule has 10 rings (SSSR count). The van der Waals surface area contributed by atoms with Crippen LogP contribution in [0.25, 0.3) is 66.8 Å². The van der Waals surface area contributed by atoms with Gasteiger partial charge in [-0.2, -0.15) is 0 Å². The van der Waals surface area contributed by atoms with Crippen LogP contribution < -0.4 is 10.6 Å². The third-order valence-corrected chi connectivity index (χ3v) is 11.4. The maximum Gasteiger partial charge on any atom is 0.131 e. The third kappa shape index (κ3) is 7.95. The number of benzene rings is 9. The van der Waals surface area contributed by atoms with Gasteiger partial charge in [0.1, 0.15) is 18.2 Å². The van der Waals surface area contributed by atoms with Crippen molar-refractivity contribution in [2.45, 2.75) is 12.3 Å². The minimum absolute atomic E-state index is 0.186. The smallest absolute Gasteiger partial charge is 0.131 e. The van der Waals surface area contributed by atoms with E-state index in [9.17, 15) is 0 Å². The summed E-state index contributed by atoms with van der Waals surface area (Å²) in [6.45, 7) is 0. The SMILES string of the molecule is c1ccc(-c2cccc(-c3cccc(C4=NC(c5cccc(-c6ccccc6)c5)NC(c5ccc(-c6cccc(-c7cccc(-c8ccccc8)c7)c6)cc5)N4)c3)c2)cc1. The molecule has 0 aliphatic carbocycles. The highest BCUT2D eigenvalue weighted by Gasteiger charge is 2.26. The van der Waals surface area contributed by atoms with Crippen LogP contribution >= 0.6 is 0 Å². The van der Waals surface area contributed by atoms with Gasteiger partial charge in [0.15, 0.2) is 0 Å². The third-order valence-electron chi connectivity index (χ3n) is 11.4. The summed E-state index contributed by atoms with van der Waals surface area (Å²) in [5.41, 5.74) is 17.5. The second kappa shape index (κ2) is 16.7. The minimum Gasteiger partial charge on any atom is -0.350 e. The van der Waals surface area contributed by atoms with Gasteiger partial charge >= 0.3 is 0 Å². The summed E-state index contributed by atoms with van der Waals surface area (Å²) in [5, 5.41) is 7.64. The summed E-state index contributed by atoms with van der Waals surface area (Å²) in [5.74, 6) is 0.851. The highest BCUT2D eigenvalue weighted by Crippen LogP contribution is 2.33. The molecule has 1 aliphatic rings. The van der Waals surface area contributed by atoms with Crippen LogP contribution in [-0.4, -0.2) is 5.84 Å². The van der Waals surface area contributed by atoms with Crippen molar-refractivity contribution in [1.82, 2.24) is 10.6 Å². The molecular formula is C57H43N3. The molecule has 3 heteroatoms. The highest BCUT2D eigenvalue weighted by molar-refractivity contribution is 6.00. The van der Waals surface area contributed by atoms with Crippen LogP contribution in [0, 0.1) is 0 Å². The Labute approximate surface area is 352 Å². The molecule has 0 bridgehead atoms. The van der Waals surface area contributed by atoms with E-state index in [1.54, 1.807) is 0 Å². The molecule has 0 spiro atoms. The molecule has 0 saturated carbocycles. The van der Waals surface area contributed by atoms with Crippen molar-refractivity contribution in [2.75, 3.05) is 0 Å². The quantitative estimate of drug-likeness (QED) is 0.153. The lowest BCUT2D eigenvalue weighted by molar-refractivity contribution is 0.409. The van der Waals surface area contributed by atoms with E-state index in [0.717, 1.165) is 28.1 Å². The van der Waals surface area contributed by atoms with Gasteiger partial charge in [-0.25, -0.2) is 4.99 Å². The summed E-state index contributed by atoms with van der Waals surface area (Å²) in [6, 6.07) is 84.4. The number of rotatable bonds is 9. The molecule has 2 N–H and O–H groups in total. The van der Waals surface area contributed by atoms with Gasteiger partial charge < -0.3 is 5.32 Å². The molecule has 0 radical (unpaired) electrons. The van der Waals surface area contributed by atoms with Crippen LogP contribution in [0.2, 0.25) is 0 Å². The van der Waals surface area contributed by atoms with E-state index in [4.69, 9.17) is 4.99 Å². The van der Waals surface area contributed by atoms with Gasteiger partial charge in [-0.1, -0.05) is 206 Å². The Bertz CT molecular complexity index is 2920. The monoisotopic (exact) mass is 769 g/mol. The molecule has 286 valence electrons. The normalized spacial score (nSPS) is 14.8. The first kappa shape index (κ1) is 36.7. The fourth-order valence-corrected chi connectivity index (χ4v) is 8.18. The second-order valence-electron chi connectivity index (χ2n) is 15.3. The van der Waals surface area contributed by atoms with Crippen molar-refractivity contribution in [3.05, 3.63) is 253 Å². The zero-order valence-corrected chi connectivity index (χ0v) is 33.1. The van der Waals surface area contributed by atoms with E-state index in [1.165, 1.54) is 61.2 Å². The lowest BCUT2D eigenvalue weighted by atomic mass is 9.95. The first-order valence-electron chi connectivity index (χ1n) is 20.6. The van der Waals surface area contributed by atoms with E-state index < -0.39 is 0 Å². The first-order chi connectivity index (χ1) is 29.7. The van der Waals surface area contributed by atoms with Gasteiger partial charge in [0.25, 0.3) is 0 Å². The fraction of sp³-hybridized carbons (Fsp3) is 0.0351. The predicted octanol–water partition coefficient (Wildman–Crippen LogP) is 14.0. The second-order valence-corrected chi connectivity index (χ2v) is 15.3. The van der Waals surface area contributed by atoms with Crippen molar-refractivity contribution in [2.24, 2.45) is 4.99 Å². The molecule has 2 atom stereocenters. The van der Waals surface area contributed by atoms with Crippen LogP contribution in [0.3, 0.4) is 0 Å². The molecule has 0 fully saturated rings. The van der Waals surface area contributed by atoms with Crippen molar-refractivity contribution < 1.29 is 0 Å². The summed E-state index contributed by atoms with van der Waals surface area (Å²) >= 11 is 0. The van der Waals surface area contributed by atoms with Gasteiger partial charge in [-0.15, -0.1) is 0 Å². The van der Waals surface area contributed by atoms with Crippen LogP contribution in [0.4, 0.5) is 0 Å². The minimum atomic E-state index is -0.275. The summed E-state index contributed by atoms with van der Waals surface area (Å²) < 4.78 is 0. The van der Waals surface area contributed by atoms with Gasteiger partial charge in [0.2, 0.25) is 0 Å². The van der Waals surface area contributed by atoms with Crippen molar-refractivity contribution in [3.8, 4) is 66.8 Å². The standard InChI is InChI=1S/C57H43N3/c1-4-15-40(16-5-1)45-21-10-25-49(35-45)50-26-12-23-47(37-50)43-31-33-44(34-32-43)55-58-56(53-29-13-24-48(38-53)42-19-8-3-9-20-42)60-57(59-55)54-30-14-28-52(39-54)51-27-11-22-46(36-51)41-17-6-2-7-18-41/h1-39,55-56,58H,(H,59,60). The average molecular weight is 770 g/mol. The summed E-state index contributed by atoms with van der Waals surface area (Å²) in [6.07, 6.45) is -0.461. The Morgan fingerprint density at radius 3 is 1.05 bits per heavy atom. The number of aliphatic imine (C=N–C) groups is 1. The molecule has 2 unspecified atom stereocenters. The van der Waals surface area contributed by atoms with Crippen LogP contribution in [0.5, 0.6) is 0 Å². The average Bonchev–Trinajstić information content (AvgIpc) is 3.35. The van der Waals surface area contributed by atoms with Crippen molar-refractivity contribution in [1.29, 1.82) is 0 Å². The number of hydrogen-bond acceptors (Lipinski definition) is 3. The Balaban J connectivity index is 0.967. The topological polar surface area (TPSA) is 36.4 Å². The lowest BCUT2D eigenvalue weighted by Gasteiger charge is -2.32. The first-order valence-corrected chi connectivity index (χ1v) is 20.6. The van der Waals surface area contributed by atoms with Gasteiger partial charge in [-0.05, 0) is 108 Å². The maximum atomic E-state index is 5.36. The number of amidine groups is 1. The summed E-state index contributed by atoms with van der Waals surface area (Å²) in [7, 11) is 0. The predicted molar refractivity (Wildman–Crippen MR) is 250 cm³/mol. The number of nitrogens with zero attached hydrogens (tertiary/aromatic N) is 1. The van der Waals surface area contributed by atoms with Crippen molar-refractivity contribution >= 4 is 5.84 Å². The molecule has 9 aromatic carbocycles. The molecule has 0 aromatic heterocycles. The molecule has 1 heterocycles. The molecule has 0 saturated heterocycles. The van der Waals surface area contributed by atoms with E-state index in [0.29, 0.717) is 0 Å². The Hall–Kier alpha value is -7.59. The zero-order chi connectivity index (χ0) is 40.1. The van der Waals surface area contributed by atoms with Crippen LogP contribution in [0.15, 0.2) is 242 Å². The van der Waals surface area contributed by atoms with E-state index in [2.05, 4.69) is 247 Å². The maximum absolute atomic E-state index is 5.36.